The quantitative estimate of drug-likeness (QED) is 0.639. The zero-order valence-electron chi connectivity index (χ0n) is 13.8. The highest BCUT2D eigenvalue weighted by molar-refractivity contribution is 9.10. The van der Waals surface area contributed by atoms with Crippen LogP contribution in [0.5, 0.6) is 0 Å². The molecule has 3 heterocycles. The van der Waals surface area contributed by atoms with Gasteiger partial charge in [-0.15, -0.1) is 0 Å². The third kappa shape index (κ3) is 2.61. The average molecular weight is 425 g/mol. The number of aromatic nitrogens is 3. The van der Waals surface area contributed by atoms with Crippen molar-refractivity contribution in [1.29, 1.82) is 0 Å². The highest BCUT2D eigenvalue weighted by atomic mass is 79.9. The Balaban J connectivity index is 1.90. The SMILES string of the molecule is Cc1nc2cnc3cc(F)c(Br)cc3c2n1[C@H]1CCN(C(=O)O)C[C@@H]1F. The van der Waals surface area contributed by atoms with E-state index < -0.39 is 24.1 Å². The minimum atomic E-state index is -1.36. The van der Waals surface area contributed by atoms with Gasteiger partial charge in [0.2, 0.25) is 0 Å². The summed E-state index contributed by atoms with van der Waals surface area (Å²) in [5, 5.41) is 9.76. The van der Waals surface area contributed by atoms with E-state index >= 15 is 0 Å². The number of piperidine rings is 1. The smallest absolute Gasteiger partial charge is 0.407 e. The second-order valence-electron chi connectivity index (χ2n) is 6.41. The summed E-state index contributed by atoms with van der Waals surface area (Å²) in [5.74, 6) is 0.191. The van der Waals surface area contributed by atoms with Crippen LogP contribution in [0.4, 0.5) is 13.6 Å². The van der Waals surface area contributed by atoms with Crippen molar-refractivity contribution >= 4 is 44.0 Å². The van der Waals surface area contributed by atoms with Gasteiger partial charge in [0.25, 0.3) is 0 Å². The molecule has 1 aliphatic heterocycles. The Bertz CT molecular complexity index is 1040. The van der Waals surface area contributed by atoms with E-state index in [1.54, 1.807) is 23.8 Å². The molecule has 0 radical (unpaired) electrons. The number of alkyl halides is 1. The number of fused-ring (bicyclic) bond motifs is 3. The summed E-state index contributed by atoms with van der Waals surface area (Å²) in [4.78, 5) is 20.9. The van der Waals surface area contributed by atoms with E-state index in [2.05, 4.69) is 25.9 Å². The van der Waals surface area contributed by atoms with E-state index in [1.165, 1.54) is 6.07 Å². The highest BCUT2D eigenvalue weighted by Crippen LogP contribution is 2.35. The van der Waals surface area contributed by atoms with Gasteiger partial charge in [0.15, 0.2) is 0 Å². The van der Waals surface area contributed by atoms with Gasteiger partial charge in [0.05, 0.1) is 34.3 Å². The summed E-state index contributed by atoms with van der Waals surface area (Å²) in [7, 11) is 0. The van der Waals surface area contributed by atoms with Crippen molar-refractivity contribution in [2.45, 2.75) is 25.6 Å². The molecule has 0 bridgehead atoms. The van der Waals surface area contributed by atoms with Crippen LogP contribution in [0.3, 0.4) is 0 Å². The number of amides is 1. The van der Waals surface area contributed by atoms with Gasteiger partial charge in [0, 0.05) is 18.0 Å². The molecule has 0 spiro atoms. The summed E-state index contributed by atoms with van der Waals surface area (Å²) < 4.78 is 30.8. The van der Waals surface area contributed by atoms with Crippen molar-refractivity contribution in [3.63, 3.8) is 0 Å². The van der Waals surface area contributed by atoms with E-state index in [-0.39, 0.29) is 13.1 Å². The van der Waals surface area contributed by atoms with Gasteiger partial charge in [0.1, 0.15) is 23.3 Å². The first-order valence-electron chi connectivity index (χ1n) is 8.11. The van der Waals surface area contributed by atoms with Crippen LogP contribution in [-0.2, 0) is 0 Å². The third-order valence-corrected chi connectivity index (χ3v) is 5.45. The number of halogens is 3. The maximum Gasteiger partial charge on any atom is 0.407 e. The van der Waals surface area contributed by atoms with Gasteiger partial charge < -0.3 is 14.6 Å². The van der Waals surface area contributed by atoms with Crippen LogP contribution in [0.25, 0.3) is 21.9 Å². The molecule has 1 aliphatic rings. The lowest BCUT2D eigenvalue weighted by atomic mass is 10.0. The van der Waals surface area contributed by atoms with Crippen molar-refractivity contribution in [3.8, 4) is 0 Å². The molecule has 2 aromatic heterocycles. The molecule has 4 rings (SSSR count). The zero-order chi connectivity index (χ0) is 18.6. The molecule has 2 atom stereocenters. The molecule has 0 saturated carbocycles. The third-order valence-electron chi connectivity index (χ3n) is 4.84. The molecule has 1 amide bonds. The van der Waals surface area contributed by atoms with Crippen LogP contribution in [0, 0.1) is 12.7 Å². The normalized spacial score (nSPS) is 20.8. The number of carboxylic acid groups (broad SMARTS) is 1. The first-order valence-corrected chi connectivity index (χ1v) is 8.90. The molecular formula is C17H15BrF2N4O2. The number of aryl methyl sites for hydroxylation is 1. The first kappa shape index (κ1) is 17.1. The van der Waals surface area contributed by atoms with Gasteiger partial charge in [-0.1, -0.05) is 0 Å². The van der Waals surface area contributed by atoms with Crippen molar-refractivity contribution in [1.82, 2.24) is 19.4 Å². The molecule has 9 heteroatoms. The van der Waals surface area contributed by atoms with Gasteiger partial charge in [-0.2, -0.15) is 0 Å². The van der Waals surface area contributed by atoms with E-state index in [0.29, 0.717) is 38.7 Å². The van der Waals surface area contributed by atoms with Gasteiger partial charge in [-0.3, -0.25) is 4.98 Å². The van der Waals surface area contributed by atoms with Gasteiger partial charge in [-0.05, 0) is 35.3 Å². The minimum absolute atomic E-state index is 0.180. The van der Waals surface area contributed by atoms with Crippen LogP contribution >= 0.6 is 15.9 Å². The summed E-state index contributed by atoms with van der Waals surface area (Å²) in [6.45, 7) is 1.85. The number of hydrogen-bond acceptors (Lipinski definition) is 3. The second-order valence-corrected chi connectivity index (χ2v) is 7.26. The fourth-order valence-electron chi connectivity index (χ4n) is 3.65. The van der Waals surface area contributed by atoms with Crippen molar-refractivity contribution in [3.05, 3.63) is 34.4 Å². The molecule has 1 aromatic carbocycles. The predicted molar refractivity (Wildman–Crippen MR) is 95.6 cm³/mol. The van der Waals surface area contributed by atoms with E-state index in [1.807, 2.05) is 0 Å². The fraction of sp³-hybridized carbons (Fsp3) is 0.353. The summed E-state index contributed by atoms with van der Waals surface area (Å²) >= 11 is 3.19. The average Bonchev–Trinajstić information content (AvgIpc) is 2.92. The summed E-state index contributed by atoms with van der Waals surface area (Å²) in [5.41, 5.74) is 1.74. The Morgan fingerprint density at radius 3 is 2.85 bits per heavy atom. The number of likely N-dealkylation sites (tertiary alicyclic amines) is 1. The first-order chi connectivity index (χ1) is 12.4. The van der Waals surface area contributed by atoms with E-state index in [9.17, 15) is 13.6 Å². The molecular weight excluding hydrogens is 410 g/mol. The van der Waals surface area contributed by atoms with Crippen molar-refractivity contribution in [2.75, 3.05) is 13.1 Å². The number of benzene rings is 1. The minimum Gasteiger partial charge on any atom is -0.465 e. The largest absolute Gasteiger partial charge is 0.465 e. The molecule has 1 fully saturated rings. The Morgan fingerprint density at radius 2 is 2.15 bits per heavy atom. The molecule has 0 aliphatic carbocycles. The molecule has 0 unspecified atom stereocenters. The number of imidazole rings is 1. The lowest BCUT2D eigenvalue weighted by Crippen LogP contribution is -2.45. The Hall–Kier alpha value is -2.29. The number of pyridine rings is 1. The number of carbonyl (C=O) groups is 1. The lowest BCUT2D eigenvalue weighted by Gasteiger charge is -2.34. The maximum atomic E-state index is 14.8. The molecule has 136 valence electrons. The summed E-state index contributed by atoms with van der Waals surface area (Å²) in [6, 6.07) is 2.41. The molecule has 26 heavy (non-hydrogen) atoms. The van der Waals surface area contributed by atoms with Crippen molar-refractivity contribution < 1.29 is 18.7 Å². The molecule has 1 saturated heterocycles. The standard InChI is InChI=1S/C17H15BrF2N4O2/c1-8-22-14-6-21-13-5-11(19)10(18)4-9(13)16(14)24(8)15-2-3-23(17(25)26)7-12(15)20/h4-6,12,15H,2-3,7H2,1H3,(H,25,26)/t12-,15-/m0/s1. The molecule has 3 aromatic rings. The van der Waals surface area contributed by atoms with Crippen LogP contribution in [-0.4, -0.2) is 49.9 Å². The van der Waals surface area contributed by atoms with Crippen LogP contribution in [0.2, 0.25) is 0 Å². The van der Waals surface area contributed by atoms with Crippen LogP contribution in [0.1, 0.15) is 18.3 Å². The fourth-order valence-corrected chi connectivity index (χ4v) is 3.99. The van der Waals surface area contributed by atoms with Gasteiger partial charge >= 0.3 is 6.09 Å². The van der Waals surface area contributed by atoms with Gasteiger partial charge in [-0.25, -0.2) is 18.6 Å². The Kier molecular flexibility index (Phi) is 4.06. The lowest BCUT2D eigenvalue weighted by molar-refractivity contribution is 0.0800. The second kappa shape index (κ2) is 6.15. The summed E-state index contributed by atoms with van der Waals surface area (Å²) in [6.07, 6.45) is -0.587. The van der Waals surface area contributed by atoms with E-state index in [0.717, 1.165) is 4.90 Å². The monoisotopic (exact) mass is 424 g/mol. The Morgan fingerprint density at radius 1 is 1.38 bits per heavy atom. The number of nitrogens with zero attached hydrogens (tertiary/aromatic N) is 4. The number of rotatable bonds is 1. The number of hydrogen-bond donors (Lipinski definition) is 1. The predicted octanol–water partition coefficient (Wildman–Crippen LogP) is 4.06. The van der Waals surface area contributed by atoms with Crippen molar-refractivity contribution in [2.24, 2.45) is 0 Å². The van der Waals surface area contributed by atoms with Crippen LogP contribution < -0.4 is 0 Å². The van der Waals surface area contributed by atoms with E-state index in [4.69, 9.17) is 5.11 Å². The molecule has 6 nitrogen and oxygen atoms in total. The zero-order valence-corrected chi connectivity index (χ0v) is 15.4. The Labute approximate surface area is 155 Å². The highest BCUT2D eigenvalue weighted by Gasteiger charge is 2.34. The van der Waals surface area contributed by atoms with Crippen LogP contribution in [0.15, 0.2) is 22.8 Å². The maximum absolute atomic E-state index is 14.8. The molecule has 1 N–H and O–H groups in total. The topological polar surface area (TPSA) is 71.2 Å².